The molecule has 0 spiro atoms. The van der Waals surface area contributed by atoms with Gasteiger partial charge in [-0.2, -0.15) is 0 Å². The topological polar surface area (TPSA) is 85.1 Å². The molecule has 2 aromatic rings. The Labute approximate surface area is 127 Å². The van der Waals surface area contributed by atoms with E-state index in [2.05, 4.69) is 10.3 Å². The third kappa shape index (κ3) is 3.20. The summed E-state index contributed by atoms with van der Waals surface area (Å²) in [7, 11) is 0. The van der Waals surface area contributed by atoms with E-state index in [-0.39, 0.29) is 5.56 Å². The van der Waals surface area contributed by atoms with Crippen LogP contribution in [-0.4, -0.2) is 16.8 Å². The van der Waals surface area contributed by atoms with Gasteiger partial charge in [0.2, 0.25) is 5.91 Å². The Bertz CT molecular complexity index is 729. The number of primary amides is 1. The first-order valence-corrected chi connectivity index (χ1v) is 6.61. The van der Waals surface area contributed by atoms with Crippen molar-refractivity contribution in [2.75, 3.05) is 5.32 Å². The molecular weight excluding hydrogens is 290 g/mol. The molecule has 0 saturated carbocycles. The lowest BCUT2D eigenvalue weighted by Crippen LogP contribution is -2.17. The summed E-state index contributed by atoms with van der Waals surface area (Å²) in [5.74, 6) is -0.934. The van der Waals surface area contributed by atoms with Gasteiger partial charge in [0.1, 0.15) is 0 Å². The molecule has 0 fully saturated rings. The van der Waals surface area contributed by atoms with E-state index in [0.29, 0.717) is 21.8 Å². The summed E-state index contributed by atoms with van der Waals surface area (Å²) in [6.45, 7) is 3.50. The van der Waals surface area contributed by atoms with Crippen LogP contribution < -0.4 is 11.1 Å². The first kappa shape index (κ1) is 15.0. The molecule has 21 heavy (non-hydrogen) atoms. The minimum Gasteiger partial charge on any atom is -0.366 e. The molecule has 0 aliphatic rings. The van der Waals surface area contributed by atoms with E-state index in [1.165, 1.54) is 6.20 Å². The Balaban J connectivity index is 2.32. The largest absolute Gasteiger partial charge is 0.366 e. The predicted molar refractivity (Wildman–Crippen MR) is 81.6 cm³/mol. The highest BCUT2D eigenvalue weighted by Crippen LogP contribution is 2.21. The number of carbonyl (C=O) groups excluding carboxylic acids is 2. The van der Waals surface area contributed by atoms with Gasteiger partial charge in [0.05, 0.1) is 10.6 Å². The van der Waals surface area contributed by atoms with E-state index in [4.69, 9.17) is 17.3 Å². The van der Waals surface area contributed by atoms with Gasteiger partial charge in [-0.1, -0.05) is 17.7 Å². The van der Waals surface area contributed by atoms with Crippen LogP contribution in [-0.2, 0) is 0 Å². The Morgan fingerprint density at radius 1 is 1.24 bits per heavy atom. The van der Waals surface area contributed by atoms with E-state index in [0.717, 1.165) is 5.69 Å². The Morgan fingerprint density at radius 2 is 1.95 bits per heavy atom. The zero-order chi connectivity index (χ0) is 15.6. The number of hydrogen-bond acceptors (Lipinski definition) is 3. The number of anilines is 1. The normalized spacial score (nSPS) is 10.2. The van der Waals surface area contributed by atoms with Gasteiger partial charge in [0.25, 0.3) is 5.91 Å². The van der Waals surface area contributed by atoms with Crippen molar-refractivity contribution in [3.63, 3.8) is 0 Å². The van der Waals surface area contributed by atoms with Gasteiger partial charge < -0.3 is 11.1 Å². The maximum atomic E-state index is 12.2. The van der Waals surface area contributed by atoms with Crippen LogP contribution in [0.3, 0.4) is 0 Å². The maximum absolute atomic E-state index is 12.2. The van der Waals surface area contributed by atoms with Crippen molar-refractivity contribution < 1.29 is 9.59 Å². The van der Waals surface area contributed by atoms with Crippen LogP contribution in [0.25, 0.3) is 0 Å². The number of aryl methyl sites for hydroxylation is 1. The second-order valence-corrected chi connectivity index (χ2v) is 5.01. The lowest BCUT2D eigenvalue weighted by Gasteiger charge is -2.11. The summed E-state index contributed by atoms with van der Waals surface area (Å²) in [5, 5.41) is 3.03. The number of nitrogens with one attached hydrogen (secondary N) is 1. The summed E-state index contributed by atoms with van der Waals surface area (Å²) >= 11 is 6.04. The fourth-order valence-corrected chi connectivity index (χ4v) is 2.21. The molecule has 0 saturated heterocycles. The molecule has 0 unspecified atom stereocenters. The molecule has 0 aliphatic carbocycles. The molecule has 1 heterocycles. The number of rotatable bonds is 3. The zero-order valence-corrected chi connectivity index (χ0v) is 12.4. The van der Waals surface area contributed by atoms with E-state index < -0.39 is 11.8 Å². The number of hydrogen-bond donors (Lipinski definition) is 2. The molecule has 0 radical (unpaired) electrons. The highest BCUT2D eigenvalue weighted by atomic mass is 35.5. The Hall–Kier alpha value is -2.40. The third-order valence-electron chi connectivity index (χ3n) is 3.08. The van der Waals surface area contributed by atoms with Crippen LogP contribution in [0.5, 0.6) is 0 Å². The quantitative estimate of drug-likeness (QED) is 0.914. The van der Waals surface area contributed by atoms with Crippen LogP contribution in [0.4, 0.5) is 5.69 Å². The molecule has 108 valence electrons. The molecule has 6 heteroatoms. The fraction of sp³-hybridized carbons (Fsp3) is 0.133. The third-order valence-corrected chi connectivity index (χ3v) is 3.39. The highest BCUT2D eigenvalue weighted by Gasteiger charge is 2.14. The molecule has 1 aromatic heterocycles. The first-order valence-electron chi connectivity index (χ1n) is 6.23. The fourth-order valence-electron chi connectivity index (χ4n) is 1.92. The number of nitrogens with two attached hydrogens (primary N) is 1. The smallest absolute Gasteiger partial charge is 0.258 e. The van der Waals surface area contributed by atoms with Crippen LogP contribution in [0.1, 0.15) is 32.0 Å². The van der Waals surface area contributed by atoms with E-state index in [9.17, 15) is 9.59 Å². The van der Waals surface area contributed by atoms with Gasteiger partial charge >= 0.3 is 0 Å². The lowest BCUT2D eigenvalue weighted by atomic mass is 10.1. The van der Waals surface area contributed by atoms with Gasteiger partial charge in [-0.15, -0.1) is 0 Å². The second-order valence-electron chi connectivity index (χ2n) is 4.60. The summed E-state index contributed by atoms with van der Waals surface area (Å²) in [4.78, 5) is 27.6. The summed E-state index contributed by atoms with van der Waals surface area (Å²) in [6, 6.07) is 6.56. The minimum atomic E-state index is -0.543. The molecule has 5 nitrogen and oxygen atoms in total. The Kier molecular flexibility index (Phi) is 4.23. The van der Waals surface area contributed by atoms with Crippen molar-refractivity contribution in [2.24, 2.45) is 5.73 Å². The number of pyridine rings is 1. The van der Waals surface area contributed by atoms with Crippen molar-refractivity contribution in [2.45, 2.75) is 13.8 Å². The van der Waals surface area contributed by atoms with Crippen molar-refractivity contribution in [1.29, 1.82) is 0 Å². The van der Waals surface area contributed by atoms with E-state index in [1.807, 2.05) is 0 Å². The minimum absolute atomic E-state index is 0.270. The zero-order valence-electron chi connectivity index (χ0n) is 11.6. The van der Waals surface area contributed by atoms with Crippen molar-refractivity contribution in [1.82, 2.24) is 4.98 Å². The second kappa shape index (κ2) is 5.93. The predicted octanol–water partition coefficient (Wildman–Crippen LogP) is 2.70. The lowest BCUT2D eigenvalue weighted by molar-refractivity contribution is 0.0995. The molecule has 0 atom stereocenters. The highest BCUT2D eigenvalue weighted by molar-refractivity contribution is 6.34. The van der Waals surface area contributed by atoms with Gasteiger partial charge in [-0.05, 0) is 37.6 Å². The first-order chi connectivity index (χ1) is 9.90. The summed E-state index contributed by atoms with van der Waals surface area (Å²) < 4.78 is 0. The molecule has 1 aromatic carbocycles. The van der Waals surface area contributed by atoms with E-state index in [1.54, 1.807) is 38.1 Å². The number of carbonyl (C=O) groups is 2. The molecule has 3 N–H and O–H groups in total. The number of amides is 2. The monoisotopic (exact) mass is 303 g/mol. The average Bonchev–Trinajstić information content (AvgIpc) is 2.40. The van der Waals surface area contributed by atoms with Gasteiger partial charge in [0, 0.05) is 23.1 Å². The van der Waals surface area contributed by atoms with E-state index >= 15 is 0 Å². The van der Waals surface area contributed by atoms with Crippen molar-refractivity contribution in [3.8, 4) is 0 Å². The van der Waals surface area contributed by atoms with Crippen LogP contribution in [0, 0.1) is 13.8 Å². The number of benzene rings is 1. The molecule has 0 aliphatic heterocycles. The average molecular weight is 304 g/mol. The standard InChI is InChI=1S/C15H14ClN3O2/c1-8-6-12(16)11(7-18-8)15(21)19-13-5-3-4-10(9(13)2)14(17)20/h3-7H,1-2H3,(H2,17,20)(H,19,21). The van der Waals surface area contributed by atoms with Crippen LogP contribution in [0.15, 0.2) is 30.5 Å². The SMILES string of the molecule is Cc1cc(Cl)c(C(=O)Nc2cccc(C(N)=O)c2C)cn1. The number of halogens is 1. The molecule has 0 bridgehead atoms. The summed E-state index contributed by atoms with van der Waals surface area (Å²) in [5.41, 5.74) is 7.75. The summed E-state index contributed by atoms with van der Waals surface area (Å²) in [6.07, 6.45) is 1.42. The van der Waals surface area contributed by atoms with Gasteiger partial charge in [-0.25, -0.2) is 0 Å². The number of nitrogens with zero attached hydrogens (tertiary/aromatic N) is 1. The molecular formula is C15H14ClN3O2. The van der Waals surface area contributed by atoms with Crippen LogP contribution in [0.2, 0.25) is 5.02 Å². The van der Waals surface area contributed by atoms with Crippen LogP contribution >= 0.6 is 11.6 Å². The molecule has 2 rings (SSSR count). The maximum Gasteiger partial charge on any atom is 0.258 e. The number of aromatic nitrogens is 1. The van der Waals surface area contributed by atoms with Gasteiger partial charge in [0.15, 0.2) is 0 Å². The molecule has 2 amide bonds. The van der Waals surface area contributed by atoms with Gasteiger partial charge in [-0.3, -0.25) is 14.6 Å². The van der Waals surface area contributed by atoms with Crippen molar-refractivity contribution in [3.05, 3.63) is 57.9 Å². The Morgan fingerprint density at radius 3 is 2.57 bits per heavy atom. The van der Waals surface area contributed by atoms with Crippen molar-refractivity contribution >= 4 is 29.1 Å².